The first-order valence-electron chi connectivity index (χ1n) is 10.4. The number of aromatic nitrogens is 1. The second-order valence-electron chi connectivity index (χ2n) is 8.29. The predicted octanol–water partition coefficient (Wildman–Crippen LogP) is 4.70. The lowest BCUT2D eigenvalue weighted by Gasteiger charge is -2.18. The molecule has 0 bridgehead atoms. The third-order valence-corrected chi connectivity index (χ3v) is 6.08. The standard InChI is InChI=1S/C24H26ClFN2O3/c1-5-14(4)28-20(30)9-16-8-19(29)22(24(16)31)21-12(2)6-15(7-13(21)3)23-18(26)10-17(25)11-27-23/h6-7,10-11,14,16,22H,5,8-9H2,1-4H3,(H,28,30)/t14?,16?,22-/m1/s1. The number of hydrogen-bond donors (Lipinski definition) is 1. The molecule has 0 saturated heterocycles. The lowest BCUT2D eigenvalue weighted by Crippen LogP contribution is -2.34. The zero-order valence-electron chi connectivity index (χ0n) is 18.1. The molecule has 1 aliphatic carbocycles. The van der Waals surface area contributed by atoms with Crippen molar-refractivity contribution in [2.45, 2.75) is 58.9 Å². The number of hydrogen-bond acceptors (Lipinski definition) is 4. The second kappa shape index (κ2) is 9.27. The number of pyridine rings is 1. The molecule has 0 spiro atoms. The van der Waals surface area contributed by atoms with Crippen molar-refractivity contribution in [3.63, 3.8) is 0 Å². The summed E-state index contributed by atoms with van der Waals surface area (Å²) < 4.78 is 14.3. The van der Waals surface area contributed by atoms with Gasteiger partial charge in [-0.05, 0) is 62.1 Å². The van der Waals surface area contributed by atoms with E-state index in [9.17, 15) is 18.8 Å². The molecular weight excluding hydrogens is 419 g/mol. The quantitative estimate of drug-likeness (QED) is 0.655. The topological polar surface area (TPSA) is 76.1 Å². The van der Waals surface area contributed by atoms with Crippen molar-refractivity contribution in [1.29, 1.82) is 0 Å². The Bertz CT molecular complexity index is 1030. The smallest absolute Gasteiger partial charge is 0.220 e. The highest BCUT2D eigenvalue weighted by molar-refractivity contribution is 6.30. The van der Waals surface area contributed by atoms with E-state index in [-0.39, 0.29) is 47.1 Å². The maximum atomic E-state index is 14.3. The van der Waals surface area contributed by atoms with E-state index in [1.165, 1.54) is 12.3 Å². The van der Waals surface area contributed by atoms with Crippen LogP contribution in [0.2, 0.25) is 5.02 Å². The molecule has 164 valence electrons. The van der Waals surface area contributed by atoms with Crippen molar-refractivity contribution >= 4 is 29.1 Å². The highest BCUT2D eigenvalue weighted by Gasteiger charge is 2.44. The summed E-state index contributed by atoms with van der Waals surface area (Å²) in [5, 5.41) is 3.06. The Balaban J connectivity index is 1.88. The summed E-state index contributed by atoms with van der Waals surface area (Å²) in [5.41, 5.74) is 2.77. The fourth-order valence-electron chi connectivity index (χ4n) is 4.19. The number of Topliss-reactive ketones (excluding diaryl/α,β-unsaturated/α-hetero) is 2. The Kier molecular flexibility index (Phi) is 6.90. The fourth-order valence-corrected chi connectivity index (χ4v) is 4.33. The van der Waals surface area contributed by atoms with E-state index in [1.54, 1.807) is 26.0 Å². The number of carbonyl (C=O) groups excluding carboxylic acids is 3. The Morgan fingerprint density at radius 3 is 2.48 bits per heavy atom. The minimum atomic E-state index is -0.890. The predicted molar refractivity (Wildman–Crippen MR) is 117 cm³/mol. The van der Waals surface area contributed by atoms with Gasteiger partial charge in [0, 0.05) is 36.6 Å². The lowest BCUT2D eigenvalue weighted by molar-refractivity contribution is -0.128. The monoisotopic (exact) mass is 444 g/mol. The molecule has 1 saturated carbocycles. The summed E-state index contributed by atoms with van der Waals surface area (Å²) >= 11 is 5.79. The fraction of sp³-hybridized carbons (Fsp3) is 0.417. The van der Waals surface area contributed by atoms with Crippen LogP contribution in [0.15, 0.2) is 24.4 Å². The van der Waals surface area contributed by atoms with E-state index in [1.807, 2.05) is 13.8 Å². The highest BCUT2D eigenvalue weighted by atomic mass is 35.5. The van der Waals surface area contributed by atoms with E-state index in [4.69, 9.17) is 11.6 Å². The summed E-state index contributed by atoms with van der Waals surface area (Å²) in [7, 11) is 0. The van der Waals surface area contributed by atoms with Gasteiger partial charge >= 0.3 is 0 Å². The summed E-state index contributed by atoms with van der Waals surface area (Å²) in [4.78, 5) is 42.1. The van der Waals surface area contributed by atoms with Crippen LogP contribution in [0, 0.1) is 25.6 Å². The van der Waals surface area contributed by atoms with Crippen LogP contribution in [0.3, 0.4) is 0 Å². The molecule has 5 nitrogen and oxygen atoms in total. The molecule has 1 aromatic heterocycles. The number of halogens is 2. The van der Waals surface area contributed by atoms with E-state index in [0.29, 0.717) is 22.3 Å². The van der Waals surface area contributed by atoms with E-state index in [2.05, 4.69) is 10.3 Å². The van der Waals surface area contributed by atoms with Gasteiger partial charge in [0.2, 0.25) is 5.91 Å². The largest absolute Gasteiger partial charge is 0.354 e. The first kappa shape index (κ1) is 23.1. The van der Waals surface area contributed by atoms with Crippen LogP contribution in [0.1, 0.15) is 55.7 Å². The average Bonchev–Trinajstić information content (AvgIpc) is 2.94. The Morgan fingerprint density at radius 2 is 1.90 bits per heavy atom. The van der Waals surface area contributed by atoms with Crippen molar-refractivity contribution < 1.29 is 18.8 Å². The van der Waals surface area contributed by atoms with Crippen molar-refractivity contribution in [3.8, 4) is 11.3 Å². The van der Waals surface area contributed by atoms with Gasteiger partial charge in [-0.25, -0.2) is 4.39 Å². The molecule has 0 radical (unpaired) electrons. The van der Waals surface area contributed by atoms with Crippen molar-refractivity contribution in [1.82, 2.24) is 10.3 Å². The number of nitrogens with one attached hydrogen (secondary N) is 1. The van der Waals surface area contributed by atoms with E-state index >= 15 is 0 Å². The molecule has 3 rings (SSSR count). The van der Waals surface area contributed by atoms with Gasteiger partial charge in [-0.3, -0.25) is 19.4 Å². The molecule has 1 amide bonds. The first-order valence-corrected chi connectivity index (χ1v) is 10.8. The maximum absolute atomic E-state index is 14.3. The molecule has 1 aliphatic rings. The lowest BCUT2D eigenvalue weighted by atomic mass is 9.85. The molecule has 1 fully saturated rings. The highest BCUT2D eigenvalue weighted by Crippen LogP contribution is 2.38. The molecular formula is C24H26ClFN2O3. The van der Waals surface area contributed by atoms with Crippen LogP contribution >= 0.6 is 11.6 Å². The van der Waals surface area contributed by atoms with Crippen LogP contribution in [0.25, 0.3) is 11.3 Å². The number of benzene rings is 1. The number of rotatable bonds is 6. The number of amides is 1. The second-order valence-corrected chi connectivity index (χ2v) is 8.73. The third kappa shape index (κ3) is 4.85. The van der Waals surface area contributed by atoms with Crippen molar-refractivity contribution in [3.05, 3.63) is 51.9 Å². The number of carbonyl (C=O) groups is 3. The summed E-state index contributed by atoms with van der Waals surface area (Å²) in [6, 6.07) is 4.67. The van der Waals surface area contributed by atoms with Gasteiger partial charge in [-0.2, -0.15) is 0 Å². The van der Waals surface area contributed by atoms with Gasteiger partial charge in [0.1, 0.15) is 17.4 Å². The molecule has 2 unspecified atom stereocenters. The molecule has 1 N–H and O–H groups in total. The molecule has 1 heterocycles. The zero-order valence-corrected chi connectivity index (χ0v) is 18.8. The first-order chi connectivity index (χ1) is 14.6. The van der Waals surface area contributed by atoms with Crippen molar-refractivity contribution in [2.75, 3.05) is 0 Å². The van der Waals surface area contributed by atoms with Gasteiger partial charge in [-0.15, -0.1) is 0 Å². The Morgan fingerprint density at radius 1 is 1.26 bits per heavy atom. The molecule has 3 atom stereocenters. The number of nitrogens with zero attached hydrogens (tertiary/aromatic N) is 1. The van der Waals surface area contributed by atoms with Gasteiger partial charge < -0.3 is 5.32 Å². The van der Waals surface area contributed by atoms with Gasteiger partial charge in [0.05, 0.1) is 5.02 Å². The van der Waals surface area contributed by atoms with Crippen LogP contribution in [-0.2, 0) is 14.4 Å². The van der Waals surface area contributed by atoms with Crippen LogP contribution in [0.4, 0.5) is 4.39 Å². The molecule has 2 aromatic rings. The average molecular weight is 445 g/mol. The molecule has 1 aromatic carbocycles. The molecule has 7 heteroatoms. The SMILES string of the molecule is CCC(C)NC(=O)CC1CC(=O)[C@H](c2c(C)cc(-c3ncc(Cl)cc3F)cc2C)C1=O. The van der Waals surface area contributed by atoms with Crippen LogP contribution < -0.4 is 5.32 Å². The molecule has 0 aliphatic heterocycles. The molecule has 31 heavy (non-hydrogen) atoms. The summed E-state index contributed by atoms with van der Waals surface area (Å²) in [6.45, 7) is 7.45. The minimum Gasteiger partial charge on any atom is -0.354 e. The van der Waals surface area contributed by atoms with E-state index < -0.39 is 17.7 Å². The summed E-state index contributed by atoms with van der Waals surface area (Å²) in [5.74, 6) is -2.66. The number of ketones is 2. The van der Waals surface area contributed by atoms with Gasteiger partial charge in [0.25, 0.3) is 0 Å². The van der Waals surface area contributed by atoms with Crippen LogP contribution in [-0.4, -0.2) is 28.5 Å². The number of aryl methyl sites for hydroxylation is 2. The van der Waals surface area contributed by atoms with Gasteiger partial charge in [0.15, 0.2) is 11.6 Å². The van der Waals surface area contributed by atoms with Crippen molar-refractivity contribution in [2.24, 2.45) is 5.92 Å². The minimum absolute atomic E-state index is 0.0154. The Hall–Kier alpha value is -2.60. The third-order valence-electron chi connectivity index (χ3n) is 5.87. The van der Waals surface area contributed by atoms with Gasteiger partial charge in [-0.1, -0.05) is 18.5 Å². The zero-order chi connectivity index (χ0) is 22.9. The van der Waals surface area contributed by atoms with Crippen LogP contribution in [0.5, 0.6) is 0 Å². The Labute approximate surface area is 186 Å². The van der Waals surface area contributed by atoms with E-state index in [0.717, 1.165) is 6.42 Å². The normalized spacial score (nSPS) is 19.5. The summed E-state index contributed by atoms with van der Waals surface area (Å²) in [6.07, 6.45) is 2.24. The maximum Gasteiger partial charge on any atom is 0.220 e.